The molecule has 2 N–H and O–H groups in total. The topological polar surface area (TPSA) is 87.2 Å². The molecule has 28 heavy (non-hydrogen) atoms. The molecule has 9 heteroatoms. The van der Waals surface area contributed by atoms with Crippen LogP contribution < -0.4 is 10.6 Å². The third-order valence-electron chi connectivity index (χ3n) is 3.80. The molecule has 0 radical (unpaired) electrons. The number of anilines is 2. The second-order valence-corrected chi connectivity index (χ2v) is 9.83. The fourth-order valence-corrected chi connectivity index (χ4v) is 3.97. The molecule has 152 valence electrons. The smallest absolute Gasteiger partial charge is 0.240 e. The molecule has 0 saturated carbocycles. The first-order chi connectivity index (χ1) is 13.0. The lowest BCUT2D eigenvalue weighted by atomic mass is 10.1. The largest absolute Gasteiger partial charge is 0.350 e. The fraction of sp³-hybridized carbons (Fsp3) is 0.474. The van der Waals surface area contributed by atoms with Crippen LogP contribution in [-0.4, -0.2) is 51.8 Å². The standard InChI is InChI=1S/C19H27N5O2S2/c1-12-7-8-14(9-13(12)2)20-17-22-23-18(28-17)27-11-16(26)24(6)10-15(25)21-19(3,4)5/h7-9H,10-11H2,1-6H3,(H,20,22)(H,21,25). The molecule has 0 saturated heterocycles. The van der Waals surface area contributed by atoms with Gasteiger partial charge >= 0.3 is 0 Å². The number of nitrogens with one attached hydrogen (secondary N) is 2. The second-order valence-electron chi connectivity index (χ2n) is 7.63. The summed E-state index contributed by atoms with van der Waals surface area (Å²) >= 11 is 2.71. The number of aryl methyl sites for hydroxylation is 2. The SMILES string of the molecule is Cc1ccc(Nc2nnc(SCC(=O)N(C)CC(=O)NC(C)(C)C)s2)cc1C. The van der Waals surface area contributed by atoms with E-state index in [0.29, 0.717) is 9.47 Å². The van der Waals surface area contributed by atoms with Gasteiger partial charge < -0.3 is 15.5 Å². The van der Waals surface area contributed by atoms with E-state index in [2.05, 4.69) is 46.8 Å². The maximum absolute atomic E-state index is 12.3. The summed E-state index contributed by atoms with van der Waals surface area (Å²) in [6.07, 6.45) is 0. The van der Waals surface area contributed by atoms with Crippen LogP contribution in [0.3, 0.4) is 0 Å². The number of aromatic nitrogens is 2. The molecule has 0 fully saturated rings. The van der Waals surface area contributed by atoms with Crippen molar-refractivity contribution in [3.05, 3.63) is 29.3 Å². The summed E-state index contributed by atoms with van der Waals surface area (Å²) in [5, 5.41) is 15.0. The lowest BCUT2D eigenvalue weighted by Crippen LogP contribution is -2.46. The van der Waals surface area contributed by atoms with Gasteiger partial charge in [0.2, 0.25) is 16.9 Å². The molecular weight excluding hydrogens is 394 g/mol. The van der Waals surface area contributed by atoms with Crippen molar-refractivity contribution in [3.8, 4) is 0 Å². The molecule has 1 heterocycles. The van der Waals surface area contributed by atoms with Crippen LogP contribution in [0.5, 0.6) is 0 Å². The molecule has 0 unspecified atom stereocenters. The molecule has 1 aromatic heterocycles. The van der Waals surface area contributed by atoms with Crippen LogP contribution in [0.15, 0.2) is 22.5 Å². The van der Waals surface area contributed by atoms with Gasteiger partial charge in [-0.25, -0.2) is 0 Å². The van der Waals surface area contributed by atoms with E-state index in [-0.39, 0.29) is 29.7 Å². The molecule has 1 aromatic carbocycles. The van der Waals surface area contributed by atoms with Crippen molar-refractivity contribution in [2.45, 2.75) is 44.5 Å². The Morgan fingerprint density at radius 2 is 1.89 bits per heavy atom. The van der Waals surface area contributed by atoms with E-state index >= 15 is 0 Å². The Hall–Kier alpha value is -2.13. The van der Waals surface area contributed by atoms with Crippen molar-refractivity contribution in [2.24, 2.45) is 0 Å². The van der Waals surface area contributed by atoms with E-state index in [9.17, 15) is 9.59 Å². The first-order valence-electron chi connectivity index (χ1n) is 8.89. The van der Waals surface area contributed by atoms with Crippen molar-refractivity contribution in [2.75, 3.05) is 24.7 Å². The average molecular weight is 422 g/mol. The predicted molar refractivity (Wildman–Crippen MR) is 115 cm³/mol. The Morgan fingerprint density at radius 1 is 1.18 bits per heavy atom. The van der Waals surface area contributed by atoms with Gasteiger partial charge in [-0.15, -0.1) is 10.2 Å². The van der Waals surface area contributed by atoms with Crippen LogP contribution in [0, 0.1) is 13.8 Å². The van der Waals surface area contributed by atoms with Gasteiger partial charge in [-0.05, 0) is 57.9 Å². The highest BCUT2D eigenvalue weighted by Gasteiger charge is 2.18. The van der Waals surface area contributed by atoms with Gasteiger partial charge in [0.25, 0.3) is 0 Å². The van der Waals surface area contributed by atoms with Crippen LogP contribution in [0.4, 0.5) is 10.8 Å². The predicted octanol–water partition coefficient (Wildman–Crippen LogP) is 3.36. The second kappa shape index (κ2) is 9.38. The summed E-state index contributed by atoms with van der Waals surface area (Å²) in [6, 6.07) is 6.11. The Balaban J connectivity index is 1.83. The average Bonchev–Trinajstić information content (AvgIpc) is 3.01. The van der Waals surface area contributed by atoms with Gasteiger partial charge in [-0.1, -0.05) is 29.2 Å². The number of hydrogen-bond acceptors (Lipinski definition) is 7. The fourth-order valence-electron chi connectivity index (χ4n) is 2.26. The number of thioether (sulfide) groups is 1. The molecule has 0 spiro atoms. The van der Waals surface area contributed by atoms with Crippen molar-refractivity contribution < 1.29 is 9.59 Å². The molecule has 0 aliphatic rings. The number of amides is 2. The van der Waals surface area contributed by atoms with Crippen LogP contribution in [0.2, 0.25) is 0 Å². The number of nitrogens with zero attached hydrogens (tertiary/aromatic N) is 3. The van der Waals surface area contributed by atoms with Crippen molar-refractivity contribution in [1.82, 2.24) is 20.4 Å². The van der Waals surface area contributed by atoms with Gasteiger partial charge in [0.15, 0.2) is 4.34 Å². The van der Waals surface area contributed by atoms with E-state index in [4.69, 9.17) is 0 Å². The first kappa shape index (κ1) is 22.2. The van der Waals surface area contributed by atoms with Crippen molar-refractivity contribution in [1.29, 1.82) is 0 Å². The Kier molecular flexibility index (Phi) is 7.42. The van der Waals surface area contributed by atoms with E-state index in [0.717, 1.165) is 5.69 Å². The lowest BCUT2D eigenvalue weighted by Gasteiger charge is -2.23. The lowest BCUT2D eigenvalue weighted by molar-refractivity contribution is -0.133. The molecular formula is C19H27N5O2S2. The molecule has 2 aromatic rings. The van der Waals surface area contributed by atoms with E-state index in [1.807, 2.05) is 26.8 Å². The van der Waals surface area contributed by atoms with E-state index in [1.165, 1.54) is 39.1 Å². The third-order valence-corrected chi connectivity index (χ3v) is 5.76. The minimum atomic E-state index is -0.318. The normalized spacial score (nSPS) is 11.2. The van der Waals surface area contributed by atoms with Gasteiger partial charge in [-0.3, -0.25) is 9.59 Å². The highest BCUT2D eigenvalue weighted by Crippen LogP contribution is 2.28. The highest BCUT2D eigenvalue weighted by atomic mass is 32.2. The van der Waals surface area contributed by atoms with Crippen LogP contribution in [-0.2, 0) is 9.59 Å². The monoisotopic (exact) mass is 421 g/mol. The molecule has 0 aliphatic heterocycles. The van der Waals surface area contributed by atoms with Crippen LogP contribution >= 0.6 is 23.1 Å². The Morgan fingerprint density at radius 3 is 2.54 bits per heavy atom. The zero-order valence-electron chi connectivity index (χ0n) is 17.1. The zero-order chi connectivity index (χ0) is 20.9. The summed E-state index contributed by atoms with van der Waals surface area (Å²) in [7, 11) is 1.62. The molecule has 0 aliphatic carbocycles. The van der Waals surface area contributed by atoms with Crippen LogP contribution in [0.1, 0.15) is 31.9 Å². The number of likely N-dealkylation sites (N-methyl/N-ethyl adjacent to an activating group) is 1. The minimum Gasteiger partial charge on any atom is -0.350 e. The minimum absolute atomic E-state index is 0.0341. The summed E-state index contributed by atoms with van der Waals surface area (Å²) in [5.41, 5.74) is 3.07. The van der Waals surface area contributed by atoms with Crippen molar-refractivity contribution >= 4 is 45.7 Å². The van der Waals surface area contributed by atoms with Gasteiger partial charge in [0, 0.05) is 18.3 Å². The summed E-state index contributed by atoms with van der Waals surface area (Å²) in [5.74, 6) is -0.102. The van der Waals surface area contributed by atoms with Gasteiger partial charge in [0.05, 0.1) is 12.3 Å². The Bertz CT molecular complexity index is 845. The highest BCUT2D eigenvalue weighted by molar-refractivity contribution is 8.01. The van der Waals surface area contributed by atoms with Gasteiger partial charge in [0.1, 0.15) is 0 Å². The summed E-state index contributed by atoms with van der Waals surface area (Å²) < 4.78 is 0.701. The maximum Gasteiger partial charge on any atom is 0.240 e. The molecule has 0 bridgehead atoms. The number of carbonyl (C=O) groups excluding carboxylic acids is 2. The first-order valence-corrected chi connectivity index (χ1v) is 10.7. The maximum atomic E-state index is 12.3. The number of benzene rings is 1. The summed E-state index contributed by atoms with van der Waals surface area (Å²) in [6.45, 7) is 9.88. The molecule has 7 nitrogen and oxygen atoms in total. The molecule has 2 rings (SSSR count). The molecule has 2 amide bonds. The van der Waals surface area contributed by atoms with Gasteiger partial charge in [-0.2, -0.15) is 0 Å². The number of rotatable bonds is 7. The summed E-state index contributed by atoms with van der Waals surface area (Å²) in [4.78, 5) is 25.6. The van der Waals surface area contributed by atoms with E-state index < -0.39 is 0 Å². The third kappa shape index (κ3) is 7.12. The van der Waals surface area contributed by atoms with Crippen molar-refractivity contribution in [3.63, 3.8) is 0 Å². The quantitative estimate of drug-likeness (QED) is 0.667. The van der Waals surface area contributed by atoms with E-state index in [1.54, 1.807) is 7.05 Å². The van der Waals surface area contributed by atoms with Crippen LogP contribution in [0.25, 0.3) is 0 Å². The Labute approximate surface area is 174 Å². The zero-order valence-corrected chi connectivity index (χ0v) is 18.8. The number of hydrogen-bond donors (Lipinski definition) is 2. The number of carbonyl (C=O) groups is 2. The molecule has 0 atom stereocenters.